The molecule has 0 aliphatic heterocycles. The van der Waals surface area contributed by atoms with Crippen LogP contribution in [0.2, 0.25) is 0 Å². The van der Waals surface area contributed by atoms with Crippen molar-refractivity contribution in [1.82, 2.24) is 4.90 Å². The highest BCUT2D eigenvalue weighted by atomic mass is 79.9. The fraction of sp³-hybridized carbons (Fsp3) is 0.462. The zero-order chi connectivity index (χ0) is 16.2. The van der Waals surface area contributed by atoms with Gasteiger partial charge in [-0.3, -0.25) is 4.79 Å². The number of hydrogen-bond donors (Lipinski definition) is 0. The Hall–Kier alpha value is -0.630. The van der Waals surface area contributed by atoms with E-state index in [1.54, 1.807) is 21.1 Å². The van der Waals surface area contributed by atoms with Gasteiger partial charge in [-0.05, 0) is 31.0 Å². The molecular formula is C13H17BrClNO4S. The number of amides is 1. The maximum atomic E-state index is 12.4. The molecule has 0 radical (unpaired) electrons. The molecule has 0 aliphatic rings. The van der Waals surface area contributed by atoms with Crippen molar-refractivity contribution in [2.45, 2.75) is 18.2 Å². The first kappa shape index (κ1) is 18.4. The largest absolute Gasteiger partial charge is 0.385 e. The van der Waals surface area contributed by atoms with Gasteiger partial charge < -0.3 is 9.64 Å². The Morgan fingerprint density at radius 1 is 1.43 bits per heavy atom. The third kappa shape index (κ3) is 4.95. The first-order valence-electron chi connectivity index (χ1n) is 6.17. The Bertz CT molecular complexity index is 633. The molecule has 1 rings (SSSR count). The molecule has 0 heterocycles. The molecule has 8 heteroatoms. The first-order valence-corrected chi connectivity index (χ1v) is 9.28. The summed E-state index contributed by atoms with van der Waals surface area (Å²) in [5.41, 5.74) is 0.978. The van der Waals surface area contributed by atoms with Gasteiger partial charge in [0.15, 0.2) is 0 Å². The van der Waals surface area contributed by atoms with Crippen LogP contribution in [0.1, 0.15) is 22.3 Å². The molecule has 0 N–H and O–H groups in total. The molecule has 0 bridgehead atoms. The monoisotopic (exact) mass is 397 g/mol. The summed E-state index contributed by atoms with van der Waals surface area (Å²) in [6.45, 7) is 2.81. The number of methoxy groups -OCH3 is 1. The lowest BCUT2D eigenvalue weighted by molar-refractivity contribution is 0.0778. The number of hydrogen-bond acceptors (Lipinski definition) is 4. The third-order valence-corrected chi connectivity index (χ3v) is 5.18. The van der Waals surface area contributed by atoms with Gasteiger partial charge in [0.05, 0.1) is 4.90 Å². The van der Waals surface area contributed by atoms with Gasteiger partial charge in [-0.25, -0.2) is 8.42 Å². The maximum absolute atomic E-state index is 12.4. The molecule has 21 heavy (non-hydrogen) atoms. The highest BCUT2D eigenvalue weighted by Crippen LogP contribution is 2.27. The third-order valence-electron chi connectivity index (χ3n) is 3.02. The van der Waals surface area contributed by atoms with E-state index in [-0.39, 0.29) is 10.8 Å². The van der Waals surface area contributed by atoms with Crippen LogP contribution in [-0.2, 0) is 13.8 Å². The molecular weight excluding hydrogens is 382 g/mol. The van der Waals surface area contributed by atoms with E-state index in [0.29, 0.717) is 35.2 Å². The van der Waals surface area contributed by atoms with Gasteiger partial charge in [-0.1, -0.05) is 15.9 Å². The maximum Gasteiger partial charge on any atom is 0.261 e. The minimum atomic E-state index is -3.89. The van der Waals surface area contributed by atoms with Crippen molar-refractivity contribution in [2.75, 3.05) is 27.3 Å². The van der Waals surface area contributed by atoms with Crippen molar-refractivity contribution in [1.29, 1.82) is 0 Å². The first-order chi connectivity index (χ1) is 9.68. The molecule has 0 aliphatic carbocycles. The zero-order valence-electron chi connectivity index (χ0n) is 12.0. The molecule has 0 unspecified atom stereocenters. The van der Waals surface area contributed by atoms with Gasteiger partial charge >= 0.3 is 0 Å². The lowest BCUT2D eigenvalue weighted by atomic mass is 10.1. The van der Waals surface area contributed by atoms with Crippen molar-refractivity contribution in [3.05, 3.63) is 27.7 Å². The van der Waals surface area contributed by atoms with Crippen LogP contribution in [0.15, 0.2) is 21.5 Å². The summed E-state index contributed by atoms with van der Waals surface area (Å²) in [4.78, 5) is 13.8. The Morgan fingerprint density at radius 2 is 2.05 bits per heavy atom. The predicted molar refractivity (Wildman–Crippen MR) is 85.4 cm³/mol. The van der Waals surface area contributed by atoms with E-state index < -0.39 is 9.05 Å². The van der Waals surface area contributed by atoms with Crippen molar-refractivity contribution in [3.8, 4) is 0 Å². The Morgan fingerprint density at radius 3 is 2.57 bits per heavy atom. The molecule has 0 atom stereocenters. The number of benzene rings is 1. The Labute approximate surface area is 137 Å². The van der Waals surface area contributed by atoms with Crippen molar-refractivity contribution < 1.29 is 17.9 Å². The van der Waals surface area contributed by atoms with E-state index in [2.05, 4.69) is 15.9 Å². The lowest BCUT2D eigenvalue weighted by Crippen LogP contribution is -2.29. The van der Waals surface area contributed by atoms with Crippen molar-refractivity contribution >= 4 is 41.6 Å². The van der Waals surface area contributed by atoms with Crippen molar-refractivity contribution in [2.24, 2.45) is 0 Å². The quantitative estimate of drug-likeness (QED) is 0.546. The van der Waals surface area contributed by atoms with E-state index in [4.69, 9.17) is 15.4 Å². The van der Waals surface area contributed by atoms with Crippen molar-refractivity contribution in [3.63, 3.8) is 0 Å². The average Bonchev–Trinajstić information content (AvgIpc) is 2.39. The van der Waals surface area contributed by atoms with Gasteiger partial charge in [-0.15, -0.1) is 0 Å². The van der Waals surface area contributed by atoms with Crippen LogP contribution in [0.5, 0.6) is 0 Å². The molecule has 1 aromatic carbocycles. The standard InChI is InChI=1S/C13H17BrClNO4S/c1-9-11(13(17)16(2)5-4-6-20-3)7-10(8-12(9)14)21(15,18)19/h7-8H,4-6H2,1-3H3. The van der Waals surface area contributed by atoms with Crippen LogP contribution in [-0.4, -0.2) is 46.5 Å². The van der Waals surface area contributed by atoms with Crippen LogP contribution in [0.4, 0.5) is 0 Å². The fourth-order valence-corrected chi connectivity index (χ4v) is 3.17. The number of ether oxygens (including phenoxy) is 1. The number of rotatable bonds is 6. The van der Waals surface area contributed by atoms with Gasteiger partial charge in [0, 0.05) is 48.0 Å². The minimum Gasteiger partial charge on any atom is -0.385 e. The minimum absolute atomic E-state index is 0.102. The lowest BCUT2D eigenvalue weighted by Gasteiger charge is -2.19. The molecule has 0 aromatic heterocycles. The van der Waals surface area contributed by atoms with Crippen LogP contribution >= 0.6 is 26.6 Å². The summed E-state index contributed by atoms with van der Waals surface area (Å²) in [6.07, 6.45) is 0.701. The normalized spacial score (nSPS) is 11.5. The number of carbonyl (C=O) groups is 1. The number of carbonyl (C=O) groups excluding carboxylic acids is 1. The second kappa shape index (κ2) is 7.58. The summed E-state index contributed by atoms with van der Waals surface area (Å²) in [7, 11) is 4.71. The van der Waals surface area contributed by atoms with Crippen LogP contribution in [0, 0.1) is 6.92 Å². The zero-order valence-corrected chi connectivity index (χ0v) is 15.2. The van der Waals surface area contributed by atoms with Gasteiger partial charge in [0.2, 0.25) is 0 Å². The van der Waals surface area contributed by atoms with Crippen LogP contribution in [0.3, 0.4) is 0 Å². The second-order valence-electron chi connectivity index (χ2n) is 4.59. The summed E-state index contributed by atoms with van der Waals surface area (Å²) in [5, 5.41) is 0. The molecule has 0 saturated carbocycles. The summed E-state index contributed by atoms with van der Waals surface area (Å²) < 4.78 is 28.4. The van der Waals surface area contributed by atoms with E-state index >= 15 is 0 Å². The molecule has 0 fully saturated rings. The molecule has 0 saturated heterocycles. The Balaban J connectivity index is 3.11. The molecule has 118 valence electrons. The Kier molecular flexibility index (Phi) is 6.65. The predicted octanol–water partition coefficient (Wildman–Crippen LogP) is 2.79. The van der Waals surface area contributed by atoms with E-state index in [9.17, 15) is 13.2 Å². The topological polar surface area (TPSA) is 63.7 Å². The smallest absolute Gasteiger partial charge is 0.261 e. The number of halogens is 2. The summed E-state index contributed by atoms with van der Waals surface area (Å²) in [5.74, 6) is -0.258. The summed E-state index contributed by atoms with van der Waals surface area (Å²) in [6, 6.07) is 2.69. The van der Waals surface area contributed by atoms with Gasteiger partial charge in [-0.2, -0.15) is 0 Å². The van der Waals surface area contributed by atoms with E-state index in [1.807, 2.05) is 0 Å². The van der Waals surface area contributed by atoms with Crippen LogP contribution < -0.4 is 0 Å². The fourth-order valence-electron chi connectivity index (χ4n) is 1.77. The van der Waals surface area contributed by atoms with Gasteiger partial charge in [0.25, 0.3) is 15.0 Å². The molecule has 1 amide bonds. The van der Waals surface area contributed by atoms with E-state index in [1.165, 1.54) is 17.0 Å². The summed E-state index contributed by atoms with van der Waals surface area (Å²) >= 11 is 3.26. The molecule has 5 nitrogen and oxygen atoms in total. The highest BCUT2D eigenvalue weighted by Gasteiger charge is 2.20. The SMILES string of the molecule is COCCCN(C)C(=O)c1cc(S(=O)(=O)Cl)cc(Br)c1C. The molecule has 0 spiro atoms. The van der Waals surface area contributed by atoms with Crippen LogP contribution in [0.25, 0.3) is 0 Å². The highest BCUT2D eigenvalue weighted by molar-refractivity contribution is 9.10. The van der Waals surface area contributed by atoms with Gasteiger partial charge in [0.1, 0.15) is 0 Å². The molecule has 1 aromatic rings. The van der Waals surface area contributed by atoms with E-state index in [0.717, 1.165) is 0 Å². The second-order valence-corrected chi connectivity index (χ2v) is 8.01. The number of nitrogens with zero attached hydrogens (tertiary/aromatic N) is 1. The average molecular weight is 399 g/mol.